The first kappa shape index (κ1) is 47.7. The molecule has 1 aliphatic carbocycles. The van der Waals surface area contributed by atoms with Crippen LogP contribution in [-0.2, 0) is 20.9 Å². The number of para-hydroxylation sites is 1. The maximum atomic E-state index is 14.3. The molecule has 1 saturated carbocycles. The number of hydrogen-bond acceptors (Lipinski definition) is 14. The summed E-state index contributed by atoms with van der Waals surface area (Å²) in [6.45, 7) is 11.0. The van der Waals surface area contributed by atoms with Gasteiger partial charge in [0.1, 0.15) is 17.8 Å². The van der Waals surface area contributed by atoms with E-state index in [1.165, 1.54) is 10.5 Å². The van der Waals surface area contributed by atoms with Gasteiger partial charge in [0.2, 0.25) is 23.7 Å². The van der Waals surface area contributed by atoms with E-state index >= 15 is 0 Å². The number of anilines is 3. The molecule has 5 N–H and O–H groups in total. The number of aromatic hydroxyl groups is 1. The maximum Gasteiger partial charge on any atom is 0.246 e. The fourth-order valence-electron chi connectivity index (χ4n) is 10.6. The Bertz CT molecular complexity index is 2880. The Morgan fingerprint density at radius 3 is 2.30 bits per heavy atom. The Morgan fingerprint density at radius 2 is 1.59 bits per heavy atom. The summed E-state index contributed by atoms with van der Waals surface area (Å²) in [5.74, 6) is 0.841. The lowest BCUT2D eigenvalue weighted by Gasteiger charge is -2.45. The predicted octanol–water partition coefficient (Wildman–Crippen LogP) is 6.94. The number of carbonyl (C=O) groups excluding carboxylic acids is 3. The lowest BCUT2D eigenvalue weighted by Crippen LogP contribution is -2.58. The van der Waals surface area contributed by atoms with Crippen LogP contribution < -0.4 is 25.8 Å². The Labute approximate surface area is 418 Å². The third-order valence-corrected chi connectivity index (χ3v) is 15.7. The highest BCUT2D eigenvalue weighted by molar-refractivity contribution is 7.13. The van der Waals surface area contributed by atoms with Gasteiger partial charge in [0.25, 0.3) is 0 Å². The average Bonchev–Trinajstić information content (AvgIpc) is 4.01. The number of rotatable bonds is 11. The number of aliphatic hydroxyl groups is 1. The van der Waals surface area contributed by atoms with E-state index in [9.17, 15) is 24.6 Å². The molecule has 6 aromatic rings. The van der Waals surface area contributed by atoms with Crippen LogP contribution in [0.1, 0.15) is 75.6 Å². The van der Waals surface area contributed by atoms with E-state index in [2.05, 4.69) is 65.2 Å². The van der Waals surface area contributed by atoms with Crippen molar-refractivity contribution in [1.29, 1.82) is 0 Å². The first-order chi connectivity index (χ1) is 34.3. The molecule has 368 valence electrons. The number of phenols is 1. The topological polar surface area (TPSA) is 202 Å². The number of aryl methyl sites for hydroxylation is 1. The Hall–Kier alpha value is -6.98. The SMILES string of the molecule is Cc1ncsc1-c1ccc(CNC(=O)[C@@H]2C[C@@H](O)CN2C(=O)[C@@H](NC(=O)[C@H]2CC[C@H](c3ccc(-c4cnc(N5CCN6c7cc(-c8ccccc8O)nnc7NC[C@H]6C5)nc4)cc3)CC2)C(C)(C)C)cc1. The summed E-state index contributed by atoms with van der Waals surface area (Å²) in [6, 6.07) is 24.2. The van der Waals surface area contributed by atoms with Gasteiger partial charge in [-0.1, -0.05) is 81.4 Å². The highest BCUT2D eigenvalue weighted by Gasteiger charge is 2.45. The summed E-state index contributed by atoms with van der Waals surface area (Å²) in [6.07, 6.45) is 6.15. The van der Waals surface area contributed by atoms with Crippen molar-refractivity contribution in [2.24, 2.45) is 11.3 Å². The predicted molar refractivity (Wildman–Crippen MR) is 275 cm³/mol. The van der Waals surface area contributed by atoms with Gasteiger partial charge in [-0.3, -0.25) is 14.4 Å². The second-order valence-electron chi connectivity index (χ2n) is 20.5. The first-order valence-electron chi connectivity index (χ1n) is 24.7. The summed E-state index contributed by atoms with van der Waals surface area (Å²) in [4.78, 5) is 62.9. The molecule has 17 heteroatoms. The minimum atomic E-state index is -0.873. The lowest BCUT2D eigenvalue weighted by atomic mass is 9.77. The second-order valence-corrected chi connectivity index (χ2v) is 21.3. The molecule has 71 heavy (non-hydrogen) atoms. The van der Waals surface area contributed by atoms with Crippen LogP contribution >= 0.6 is 11.3 Å². The van der Waals surface area contributed by atoms with E-state index in [0.717, 1.165) is 76.8 Å². The molecule has 10 rings (SSSR count). The van der Waals surface area contributed by atoms with Crippen molar-refractivity contribution in [3.63, 3.8) is 0 Å². The zero-order valence-corrected chi connectivity index (χ0v) is 41.4. The summed E-state index contributed by atoms with van der Waals surface area (Å²) >= 11 is 1.59. The molecule has 0 radical (unpaired) electrons. The van der Waals surface area contributed by atoms with E-state index < -0.39 is 23.6 Å². The second kappa shape index (κ2) is 20.0. The Morgan fingerprint density at radius 1 is 0.859 bits per heavy atom. The Balaban J connectivity index is 0.708. The molecular weight excluding hydrogens is 915 g/mol. The molecule has 4 atom stereocenters. The number of likely N-dealkylation sites (tertiary alicyclic amines) is 1. The number of aromatic nitrogens is 5. The molecule has 3 aliphatic heterocycles. The maximum absolute atomic E-state index is 14.3. The number of carbonyl (C=O) groups is 3. The molecule has 6 heterocycles. The number of piperazine rings is 1. The molecule has 3 amide bonds. The third-order valence-electron chi connectivity index (χ3n) is 14.7. The largest absolute Gasteiger partial charge is 0.507 e. The number of thiazole rings is 1. The molecule has 0 bridgehead atoms. The highest BCUT2D eigenvalue weighted by atomic mass is 32.1. The van der Waals surface area contributed by atoms with Crippen molar-refractivity contribution in [2.45, 2.75) is 96.5 Å². The molecular formula is C54H61N11O5S. The van der Waals surface area contributed by atoms with Crippen molar-refractivity contribution in [2.75, 3.05) is 47.8 Å². The normalized spacial score (nSPS) is 21.4. The number of aliphatic hydroxyl groups excluding tert-OH is 1. The summed E-state index contributed by atoms with van der Waals surface area (Å²) in [7, 11) is 0. The molecule has 3 aromatic heterocycles. The number of fused-ring (bicyclic) bond motifs is 3. The first-order valence-corrected chi connectivity index (χ1v) is 25.6. The van der Waals surface area contributed by atoms with Crippen molar-refractivity contribution >= 4 is 46.5 Å². The van der Waals surface area contributed by atoms with Gasteiger partial charge in [-0.25, -0.2) is 15.0 Å². The van der Waals surface area contributed by atoms with Crippen LogP contribution in [0.25, 0.3) is 32.8 Å². The highest BCUT2D eigenvalue weighted by Crippen LogP contribution is 2.39. The van der Waals surface area contributed by atoms with Crippen LogP contribution in [0.2, 0.25) is 0 Å². The van der Waals surface area contributed by atoms with Gasteiger partial charge in [-0.05, 0) is 84.4 Å². The van der Waals surface area contributed by atoms with Gasteiger partial charge in [-0.15, -0.1) is 21.5 Å². The smallest absolute Gasteiger partial charge is 0.246 e. The van der Waals surface area contributed by atoms with Gasteiger partial charge >= 0.3 is 0 Å². The van der Waals surface area contributed by atoms with Crippen molar-refractivity contribution < 1.29 is 24.6 Å². The van der Waals surface area contributed by atoms with Crippen LogP contribution in [0.4, 0.5) is 17.5 Å². The summed E-state index contributed by atoms with van der Waals surface area (Å²) < 4.78 is 0. The number of β-amino-alcohol motifs (C(OH)–C–C–N with tert-alkyl or cyclic N) is 1. The zero-order valence-electron chi connectivity index (χ0n) is 40.6. The van der Waals surface area contributed by atoms with Crippen molar-refractivity contribution in [3.8, 4) is 38.6 Å². The van der Waals surface area contributed by atoms with Gasteiger partial charge in [-0.2, -0.15) is 0 Å². The van der Waals surface area contributed by atoms with E-state index in [4.69, 9.17) is 9.97 Å². The van der Waals surface area contributed by atoms with Gasteiger partial charge in [0.15, 0.2) is 5.82 Å². The molecule has 4 aliphatic rings. The van der Waals surface area contributed by atoms with Gasteiger partial charge in [0, 0.05) is 75.1 Å². The van der Waals surface area contributed by atoms with Gasteiger partial charge in [0.05, 0.1) is 39.6 Å². The minimum absolute atomic E-state index is 0.0271. The van der Waals surface area contributed by atoms with E-state index in [0.29, 0.717) is 42.5 Å². The summed E-state index contributed by atoms with van der Waals surface area (Å²) in [5.41, 5.74) is 9.59. The molecule has 2 saturated heterocycles. The lowest BCUT2D eigenvalue weighted by molar-refractivity contribution is -0.144. The number of hydrogen-bond donors (Lipinski definition) is 5. The van der Waals surface area contributed by atoms with Crippen LogP contribution in [0.3, 0.4) is 0 Å². The average molecular weight is 976 g/mol. The fourth-order valence-corrected chi connectivity index (χ4v) is 11.4. The molecule has 0 unspecified atom stereocenters. The van der Waals surface area contributed by atoms with E-state index in [1.807, 2.05) is 88.1 Å². The number of nitrogens with zero attached hydrogens (tertiary/aromatic N) is 8. The number of phenolic OH excluding ortho intramolecular Hbond substituents is 1. The quantitative estimate of drug-likeness (QED) is 0.0895. The molecule has 0 spiro atoms. The van der Waals surface area contributed by atoms with Crippen LogP contribution in [0.5, 0.6) is 5.75 Å². The van der Waals surface area contributed by atoms with Gasteiger partial charge < -0.3 is 40.9 Å². The monoisotopic (exact) mass is 975 g/mol. The van der Waals surface area contributed by atoms with E-state index in [-0.39, 0.29) is 54.9 Å². The van der Waals surface area contributed by atoms with Crippen LogP contribution in [0.15, 0.2) is 96.8 Å². The van der Waals surface area contributed by atoms with Crippen LogP contribution in [0, 0.1) is 18.3 Å². The fraction of sp³-hybridized carbons (Fsp3) is 0.407. The number of nitrogens with one attached hydrogen (secondary N) is 3. The number of amides is 3. The van der Waals surface area contributed by atoms with Crippen molar-refractivity contribution in [1.82, 2.24) is 40.7 Å². The Kier molecular flexibility index (Phi) is 13.5. The molecule has 16 nitrogen and oxygen atoms in total. The zero-order chi connectivity index (χ0) is 49.4. The number of benzene rings is 3. The van der Waals surface area contributed by atoms with Crippen molar-refractivity contribution in [3.05, 3.63) is 114 Å². The third kappa shape index (κ3) is 10.2. The van der Waals surface area contributed by atoms with E-state index in [1.54, 1.807) is 23.5 Å². The van der Waals surface area contributed by atoms with Crippen LogP contribution in [-0.4, -0.2) is 115 Å². The molecule has 3 aromatic carbocycles. The summed E-state index contributed by atoms with van der Waals surface area (Å²) in [5, 5.41) is 39.5. The standard InChI is InChI=1S/C54H61N11O5S/c1-32-47(71-31-59-32)37-11-9-33(10-12-37)25-56-51(69)45-23-41(66)30-65(45)52(70)48(54(2,3)4)60-50(68)38-19-17-35(18-20-38)34-13-15-36(16-14-34)39-26-57-53(58-27-39)63-21-22-64-40(29-63)28-55-49-44(64)24-43(61-62-49)42-7-5-6-8-46(42)67/h5-16,24,26-27,31,35,38,40-41,45,48,66-67H,17-23,25,28-30H2,1-4H3,(H,55,62)(H,56,69)(H,60,68)/t35-,38-,40-,41+,45-,48+/m0/s1. The minimum Gasteiger partial charge on any atom is -0.507 e. The molecule has 3 fully saturated rings.